The molecule has 0 saturated carbocycles. The van der Waals surface area contributed by atoms with Crippen LogP contribution in [0.2, 0.25) is 0 Å². The molecule has 2 rings (SSSR count). The fourth-order valence-electron chi connectivity index (χ4n) is 2.34. The second-order valence-corrected chi connectivity index (χ2v) is 7.50. The van der Waals surface area contributed by atoms with Crippen LogP contribution < -0.4 is 4.72 Å². The number of anilines is 1. The molecule has 1 aromatic carbocycles. The molecular formula is C15H22N2O4S. The number of nitrogens with zero attached hydrogens (tertiary/aromatic N) is 1. The number of aliphatic hydroxyl groups is 1. The van der Waals surface area contributed by atoms with Gasteiger partial charge in [0.25, 0.3) is 0 Å². The van der Waals surface area contributed by atoms with E-state index in [1.807, 2.05) is 0 Å². The van der Waals surface area contributed by atoms with E-state index in [1.165, 1.54) is 0 Å². The molecule has 0 spiro atoms. The van der Waals surface area contributed by atoms with E-state index < -0.39 is 10.0 Å². The van der Waals surface area contributed by atoms with Crippen molar-refractivity contribution >= 4 is 21.6 Å². The van der Waals surface area contributed by atoms with Crippen LogP contribution in [0, 0.1) is 0 Å². The molecule has 0 bridgehead atoms. The Morgan fingerprint density at radius 3 is 2.41 bits per heavy atom. The molecule has 6 nitrogen and oxygen atoms in total. The van der Waals surface area contributed by atoms with Gasteiger partial charge in [-0.25, -0.2) is 8.42 Å². The quantitative estimate of drug-likeness (QED) is 0.844. The maximum absolute atomic E-state index is 12.2. The molecular weight excluding hydrogens is 304 g/mol. The number of benzene rings is 1. The zero-order valence-electron chi connectivity index (χ0n) is 12.7. The van der Waals surface area contributed by atoms with Crippen molar-refractivity contribution in [1.82, 2.24) is 4.90 Å². The van der Waals surface area contributed by atoms with E-state index in [2.05, 4.69) is 4.72 Å². The minimum atomic E-state index is -3.28. The van der Waals surface area contributed by atoms with Gasteiger partial charge in [-0.2, -0.15) is 0 Å². The highest BCUT2D eigenvalue weighted by Gasteiger charge is 2.21. The number of amides is 1. The van der Waals surface area contributed by atoms with Crippen LogP contribution in [0.4, 0.5) is 5.69 Å². The smallest absolute Gasteiger partial charge is 0.232 e. The van der Waals surface area contributed by atoms with Crippen molar-refractivity contribution in [3.63, 3.8) is 0 Å². The first-order valence-electron chi connectivity index (χ1n) is 7.45. The van der Waals surface area contributed by atoms with Crippen LogP contribution in [0.3, 0.4) is 0 Å². The molecule has 1 aliphatic heterocycles. The van der Waals surface area contributed by atoms with Gasteiger partial charge in [0.15, 0.2) is 0 Å². The summed E-state index contributed by atoms with van der Waals surface area (Å²) in [4.78, 5) is 13.9. The molecule has 7 heteroatoms. The number of rotatable bonds is 5. The van der Waals surface area contributed by atoms with Crippen LogP contribution >= 0.6 is 0 Å². The van der Waals surface area contributed by atoms with E-state index in [4.69, 9.17) is 0 Å². The third kappa shape index (κ3) is 4.71. The summed E-state index contributed by atoms with van der Waals surface area (Å²) in [7, 11) is -3.28. The van der Waals surface area contributed by atoms with Crippen molar-refractivity contribution in [3.05, 3.63) is 29.8 Å². The molecule has 0 aliphatic carbocycles. The SMILES string of the molecule is CCS(=O)(=O)Nc1ccc(CC(=O)N2CCC(O)CC2)cc1. The molecule has 1 amide bonds. The summed E-state index contributed by atoms with van der Waals surface area (Å²) in [6.07, 6.45) is 1.25. The summed E-state index contributed by atoms with van der Waals surface area (Å²) in [5.41, 5.74) is 1.34. The molecule has 2 N–H and O–H groups in total. The second kappa shape index (κ2) is 7.11. The largest absolute Gasteiger partial charge is 0.393 e. The lowest BCUT2D eigenvalue weighted by Crippen LogP contribution is -2.40. The molecule has 122 valence electrons. The average molecular weight is 326 g/mol. The predicted octanol–water partition coefficient (Wildman–Crippen LogP) is 0.974. The van der Waals surface area contributed by atoms with E-state index in [9.17, 15) is 18.3 Å². The molecule has 0 atom stereocenters. The molecule has 1 aromatic rings. The second-order valence-electron chi connectivity index (χ2n) is 5.49. The Labute approximate surface area is 131 Å². The van der Waals surface area contributed by atoms with Crippen molar-refractivity contribution in [2.75, 3.05) is 23.6 Å². The van der Waals surface area contributed by atoms with E-state index in [0.717, 1.165) is 5.56 Å². The van der Waals surface area contributed by atoms with Crippen LogP contribution in [-0.2, 0) is 21.2 Å². The van der Waals surface area contributed by atoms with Crippen LogP contribution in [0.15, 0.2) is 24.3 Å². The van der Waals surface area contributed by atoms with E-state index in [0.29, 0.717) is 31.6 Å². The van der Waals surface area contributed by atoms with Gasteiger partial charge in [0.1, 0.15) is 0 Å². The first-order valence-corrected chi connectivity index (χ1v) is 9.10. The first kappa shape index (κ1) is 16.8. The van der Waals surface area contributed by atoms with E-state index in [-0.39, 0.29) is 24.2 Å². The Hall–Kier alpha value is -1.60. The van der Waals surface area contributed by atoms with Crippen LogP contribution in [-0.4, -0.2) is 49.3 Å². The summed E-state index contributed by atoms with van der Waals surface area (Å²) in [5.74, 6) is 0.0578. The Morgan fingerprint density at radius 2 is 1.86 bits per heavy atom. The Kier molecular flexibility index (Phi) is 5.42. The van der Waals surface area contributed by atoms with Gasteiger partial charge in [-0.15, -0.1) is 0 Å². The molecule has 0 radical (unpaired) electrons. The maximum Gasteiger partial charge on any atom is 0.232 e. The molecule has 0 unspecified atom stereocenters. The maximum atomic E-state index is 12.2. The zero-order chi connectivity index (χ0) is 16.2. The zero-order valence-corrected chi connectivity index (χ0v) is 13.5. The van der Waals surface area contributed by atoms with Gasteiger partial charge in [-0.1, -0.05) is 12.1 Å². The van der Waals surface area contributed by atoms with Gasteiger partial charge in [0.2, 0.25) is 15.9 Å². The minimum Gasteiger partial charge on any atom is -0.393 e. The lowest BCUT2D eigenvalue weighted by Gasteiger charge is -2.29. The third-order valence-corrected chi connectivity index (χ3v) is 5.09. The summed E-state index contributed by atoms with van der Waals surface area (Å²) in [6, 6.07) is 6.83. The molecule has 1 heterocycles. The minimum absolute atomic E-state index is 0.0219. The summed E-state index contributed by atoms with van der Waals surface area (Å²) < 4.78 is 25.4. The summed E-state index contributed by atoms with van der Waals surface area (Å²) >= 11 is 0. The van der Waals surface area contributed by atoms with E-state index in [1.54, 1.807) is 36.1 Å². The van der Waals surface area contributed by atoms with Crippen LogP contribution in [0.1, 0.15) is 25.3 Å². The van der Waals surface area contributed by atoms with Crippen molar-refractivity contribution in [2.24, 2.45) is 0 Å². The van der Waals surface area contributed by atoms with Crippen LogP contribution in [0.25, 0.3) is 0 Å². The van der Waals surface area contributed by atoms with Crippen molar-refractivity contribution in [1.29, 1.82) is 0 Å². The Morgan fingerprint density at radius 1 is 1.27 bits per heavy atom. The van der Waals surface area contributed by atoms with Gasteiger partial charge in [0.05, 0.1) is 18.3 Å². The molecule has 1 saturated heterocycles. The number of carbonyl (C=O) groups excluding carboxylic acids is 1. The van der Waals surface area contributed by atoms with E-state index >= 15 is 0 Å². The number of hydrogen-bond donors (Lipinski definition) is 2. The predicted molar refractivity (Wildman–Crippen MR) is 85.1 cm³/mol. The van der Waals surface area contributed by atoms with Gasteiger partial charge in [0, 0.05) is 18.8 Å². The van der Waals surface area contributed by atoms with Crippen molar-refractivity contribution in [3.8, 4) is 0 Å². The standard InChI is InChI=1S/C15H22N2O4S/c1-2-22(20,21)16-13-5-3-12(4-6-13)11-15(19)17-9-7-14(18)8-10-17/h3-6,14,16,18H,2,7-11H2,1H3. The van der Waals surface area contributed by atoms with Crippen molar-refractivity contribution in [2.45, 2.75) is 32.3 Å². The van der Waals surface area contributed by atoms with Crippen LogP contribution in [0.5, 0.6) is 0 Å². The first-order chi connectivity index (χ1) is 10.4. The number of nitrogens with one attached hydrogen (secondary N) is 1. The topological polar surface area (TPSA) is 86.7 Å². The highest BCUT2D eigenvalue weighted by atomic mass is 32.2. The van der Waals surface area contributed by atoms with Gasteiger partial charge >= 0.3 is 0 Å². The molecule has 1 aliphatic rings. The number of piperidine rings is 1. The molecule has 1 fully saturated rings. The number of likely N-dealkylation sites (tertiary alicyclic amines) is 1. The van der Waals surface area contributed by atoms with Gasteiger partial charge in [-0.3, -0.25) is 9.52 Å². The normalized spacial score (nSPS) is 16.5. The highest BCUT2D eigenvalue weighted by molar-refractivity contribution is 7.92. The van der Waals surface area contributed by atoms with Crippen molar-refractivity contribution < 1.29 is 18.3 Å². The summed E-state index contributed by atoms with van der Waals surface area (Å²) in [5, 5.41) is 9.45. The average Bonchev–Trinajstić information content (AvgIpc) is 2.49. The number of carbonyl (C=O) groups is 1. The Bertz CT molecular complexity index is 605. The molecule has 0 aromatic heterocycles. The number of hydrogen-bond acceptors (Lipinski definition) is 4. The Balaban J connectivity index is 1.92. The number of aliphatic hydroxyl groups excluding tert-OH is 1. The lowest BCUT2D eigenvalue weighted by molar-refractivity contribution is -0.132. The molecule has 22 heavy (non-hydrogen) atoms. The monoisotopic (exact) mass is 326 g/mol. The summed E-state index contributed by atoms with van der Waals surface area (Å²) in [6.45, 7) is 2.76. The van der Waals surface area contributed by atoms with Gasteiger partial charge in [-0.05, 0) is 37.5 Å². The van der Waals surface area contributed by atoms with Gasteiger partial charge < -0.3 is 10.0 Å². The third-order valence-electron chi connectivity index (χ3n) is 3.78. The number of sulfonamides is 1. The fraction of sp³-hybridized carbons (Fsp3) is 0.533. The fourth-order valence-corrected chi connectivity index (χ4v) is 2.98. The highest BCUT2D eigenvalue weighted by Crippen LogP contribution is 2.15. The lowest BCUT2D eigenvalue weighted by atomic mass is 10.1.